The summed E-state index contributed by atoms with van der Waals surface area (Å²) in [6.07, 6.45) is 3.29. The van der Waals surface area contributed by atoms with Crippen LogP contribution in [0.25, 0.3) is 5.57 Å². The van der Waals surface area contributed by atoms with Gasteiger partial charge in [0.2, 0.25) is 11.6 Å². The van der Waals surface area contributed by atoms with Gasteiger partial charge in [-0.25, -0.2) is 8.42 Å². The molecule has 0 bridgehead atoms. The lowest BCUT2D eigenvalue weighted by molar-refractivity contribution is -0.116. The SMILES string of the molecule is CC(C)=CCc1cc(O)cc2c1OC(C=C(C)C)C1=C2C(=O)C2=C(NCCS2(=O)=O)C1=O. The topological polar surface area (TPSA) is 110 Å². The molecule has 1 aromatic rings. The molecule has 0 fully saturated rings. The van der Waals surface area contributed by atoms with Gasteiger partial charge in [0.15, 0.2) is 9.84 Å². The van der Waals surface area contributed by atoms with Crippen molar-refractivity contribution >= 4 is 27.0 Å². The average Bonchev–Trinajstić information content (AvgIpc) is 2.68. The van der Waals surface area contributed by atoms with Gasteiger partial charge in [0.05, 0.1) is 11.3 Å². The molecule has 2 heterocycles. The standard InChI is InChI=1S/C24H25NO6S/c1-12(2)5-6-14-10-15(26)11-16-18-19(17(9-13(3)4)31-23(14)16)21(27)20-24(22(18)28)32(29,30)8-7-25-20/h5,9-11,17,25-26H,6-8H2,1-4H3. The van der Waals surface area contributed by atoms with Crippen molar-refractivity contribution in [1.82, 2.24) is 5.32 Å². The van der Waals surface area contributed by atoms with E-state index in [9.17, 15) is 23.1 Å². The zero-order valence-corrected chi connectivity index (χ0v) is 19.2. The second kappa shape index (κ2) is 7.78. The summed E-state index contributed by atoms with van der Waals surface area (Å²) in [6.45, 7) is 7.65. The quantitative estimate of drug-likeness (QED) is 0.533. The number of sulfone groups is 1. The van der Waals surface area contributed by atoms with Crippen LogP contribution < -0.4 is 10.1 Å². The van der Waals surface area contributed by atoms with E-state index < -0.39 is 32.4 Å². The van der Waals surface area contributed by atoms with Crippen molar-refractivity contribution < 1.29 is 27.9 Å². The van der Waals surface area contributed by atoms with Crippen molar-refractivity contribution in [2.45, 2.75) is 40.2 Å². The first-order valence-corrected chi connectivity index (χ1v) is 12.0. The Hall–Kier alpha value is -3.13. The predicted molar refractivity (Wildman–Crippen MR) is 121 cm³/mol. The summed E-state index contributed by atoms with van der Waals surface area (Å²) in [4.78, 5) is 26.5. The van der Waals surface area contributed by atoms with Gasteiger partial charge in [-0.1, -0.05) is 17.2 Å². The van der Waals surface area contributed by atoms with Crippen molar-refractivity contribution in [2.24, 2.45) is 0 Å². The fourth-order valence-electron chi connectivity index (χ4n) is 4.18. The average molecular weight is 456 g/mol. The Balaban J connectivity index is 2.02. The molecule has 3 aliphatic rings. The number of hydrogen-bond acceptors (Lipinski definition) is 7. The molecule has 1 aliphatic carbocycles. The third kappa shape index (κ3) is 3.58. The number of ether oxygens (including phenoxy) is 1. The fourth-order valence-corrected chi connectivity index (χ4v) is 5.61. The predicted octanol–water partition coefficient (Wildman–Crippen LogP) is 2.76. The molecule has 168 valence electrons. The minimum Gasteiger partial charge on any atom is -0.508 e. The molecule has 1 aromatic carbocycles. The van der Waals surface area contributed by atoms with Crippen LogP contribution in [0.15, 0.2) is 51.6 Å². The number of carbonyl (C=O) groups excluding carboxylic acids is 2. The summed E-state index contributed by atoms with van der Waals surface area (Å²) >= 11 is 0. The number of Topliss-reactive ketones (excluding diaryl/α,β-unsaturated/α-hetero) is 2. The summed E-state index contributed by atoms with van der Waals surface area (Å²) < 4.78 is 31.7. The molecule has 2 N–H and O–H groups in total. The van der Waals surface area contributed by atoms with Crippen molar-refractivity contribution in [2.75, 3.05) is 12.3 Å². The Morgan fingerprint density at radius 1 is 1.16 bits per heavy atom. The molecule has 0 radical (unpaired) electrons. The number of ketones is 2. The Kier molecular flexibility index (Phi) is 5.36. The lowest BCUT2D eigenvalue weighted by Crippen LogP contribution is -2.44. The van der Waals surface area contributed by atoms with Gasteiger partial charge >= 0.3 is 0 Å². The van der Waals surface area contributed by atoms with Gasteiger partial charge in [-0.15, -0.1) is 0 Å². The maximum atomic E-state index is 13.6. The van der Waals surface area contributed by atoms with Crippen molar-refractivity contribution in [3.63, 3.8) is 0 Å². The van der Waals surface area contributed by atoms with E-state index in [1.165, 1.54) is 6.07 Å². The van der Waals surface area contributed by atoms with Crippen LogP contribution in [-0.2, 0) is 25.8 Å². The summed E-state index contributed by atoms with van der Waals surface area (Å²) in [5.41, 5.74) is 2.70. The van der Waals surface area contributed by atoms with Crippen LogP contribution >= 0.6 is 0 Å². The van der Waals surface area contributed by atoms with Crippen LogP contribution in [-0.4, -0.2) is 43.5 Å². The Morgan fingerprint density at radius 3 is 2.53 bits per heavy atom. The molecule has 1 atom stereocenters. The van der Waals surface area contributed by atoms with Crippen LogP contribution in [0.1, 0.15) is 38.8 Å². The molecule has 2 aliphatic heterocycles. The number of rotatable bonds is 3. The number of allylic oxidation sites excluding steroid dienone is 6. The molecule has 8 heteroatoms. The van der Waals surface area contributed by atoms with E-state index in [1.54, 1.807) is 12.1 Å². The first-order valence-electron chi connectivity index (χ1n) is 10.4. The van der Waals surface area contributed by atoms with Crippen molar-refractivity contribution in [1.29, 1.82) is 0 Å². The highest BCUT2D eigenvalue weighted by atomic mass is 32.2. The maximum Gasteiger partial charge on any atom is 0.211 e. The summed E-state index contributed by atoms with van der Waals surface area (Å²) in [7, 11) is -3.92. The number of nitrogens with one attached hydrogen (secondary N) is 1. The van der Waals surface area contributed by atoms with E-state index >= 15 is 0 Å². The molecule has 32 heavy (non-hydrogen) atoms. The summed E-state index contributed by atoms with van der Waals surface area (Å²) in [5.74, 6) is -1.30. The third-order valence-corrected chi connectivity index (χ3v) is 7.30. The Morgan fingerprint density at radius 2 is 1.88 bits per heavy atom. The van der Waals surface area contributed by atoms with Crippen molar-refractivity contribution in [3.05, 3.63) is 62.7 Å². The van der Waals surface area contributed by atoms with Crippen LogP contribution in [0.5, 0.6) is 11.5 Å². The zero-order chi connectivity index (χ0) is 23.4. The number of benzene rings is 1. The number of phenols is 1. The Bertz CT molecular complexity index is 1290. The molecule has 0 aromatic heterocycles. The number of aromatic hydroxyl groups is 1. The molecule has 7 nitrogen and oxygen atoms in total. The second-order valence-corrected chi connectivity index (χ2v) is 10.7. The molecule has 0 saturated carbocycles. The fraction of sp³-hybridized carbons (Fsp3) is 0.333. The Labute approximate surface area is 187 Å². The highest BCUT2D eigenvalue weighted by molar-refractivity contribution is 7.96. The van der Waals surface area contributed by atoms with Gasteiger partial charge < -0.3 is 15.2 Å². The lowest BCUT2D eigenvalue weighted by atomic mass is 9.81. The number of fused-ring (bicyclic) bond motifs is 2. The molecule has 1 unspecified atom stereocenters. The number of phenolic OH excluding ortho intramolecular Hbond substituents is 1. The number of hydrogen-bond donors (Lipinski definition) is 2. The van der Waals surface area contributed by atoms with E-state index in [1.807, 2.05) is 33.8 Å². The minimum atomic E-state index is -3.92. The van der Waals surface area contributed by atoms with Crippen LogP contribution in [0.3, 0.4) is 0 Å². The maximum absolute atomic E-state index is 13.6. The zero-order valence-electron chi connectivity index (χ0n) is 18.4. The van der Waals surface area contributed by atoms with Gasteiger partial charge in [-0.3, -0.25) is 9.59 Å². The smallest absolute Gasteiger partial charge is 0.211 e. The monoisotopic (exact) mass is 455 g/mol. The van der Waals surface area contributed by atoms with Crippen molar-refractivity contribution in [3.8, 4) is 11.5 Å². The summed E-state index contributed by atoms with van der Waals surface area (Å²) in [6, 6.07) is 2.91. The molecule has 0 spiro atoms. The minimum absolute atomic E-state index is 0.0147. The van der Waals surface area contributed by atoms with E-state index in [2.05, 4.69) is 5.32 Å². The van der Waals surface area contributed by atoms with Gasteiger partial charge in [0.25, 0.3) is 0 Å². The molecule has 0 saturated heterocycles. The van der Waals surface area contributed by atoms with E-state index in [-0.39, 0.29) is 40.5 Å². The van der Waals surface area contributed by atoms with Gasteiger partial charge in [-0.2, -0.15) is 0 Å². The van der Waals surface area contributed by atoms with E-state index in [4.69, 9.17) is 4.74 Å². The molecule has 0 amide bonds. The molecular formula is C24H25NO6S. The van der Waals surface area contributed by atoms with E-state index in [0.29, 0.717) is 17.7 Å². The lowest BCUT2D eigenvalue weighted by Gasteiger charge is -2.35. The van der Waals surface area contributed by atoms with Gasteiger partial charge in [-0.05, 0) is 52.3 Å². The second-order valence-electron chi connectivity index (χ2n) is 8.65. The van der Waals surface area contributed by atoms with Crippen LogP contribution in [0.2, 0.25) is 0 Å². The number of carbonyl (C=O) groups is 2. The molecular weight excluding hydrogens is 430 g/mol. The van der Waals surface area contributed by atoms with Gasteiger partial charge in [0.1, 0.15) is 28.2 Å². The molecule has 4 rings (SSSR count). The van der Waals surface area contributed by atoms with Crippen LogP contribution in [0, 0.1) is 0 Å². The first-order chi connectivity index (χ1) is 15.0. The highest BCUT2D eigenvalue weighted by Gasteiger charge is 2.47. The van der Waals surface area contributed by atoms with E-state index in [0.717, 1.165) is 11.1 Å². The first kappa shape index (κ1) is 22.1. The van der Waals surface area contributed by atoms with Gasteiger partial charge in [0, 0.05) is 23.2 Å². The third-order valence-electron chi connectivity index (χ3n) is 5.55. The summed E-state index contributed by atoms with van der Waals surface area (Å²) in [5, 5.41) is 13.2. The van der Waals surface area contributed by atoms with Crippen LogP contribution in [0.4, 0.5) is 0 Å². The largest absolute Gasteiger partial charge is 0.508 e. The highest BCUT2D eigenvalue weighted by Crippen LogP contribution is 2.46. The normalized spacial score (nSPS) is 21.1.